The summed E-state index contributed by atoms with van der Waals surface area (Å²) in [7, 11) is 0. The molecule has 0 bridgehead atoms. The van der Waals surface area contributed by atoms with Crippen LogP contribution in [0.25, 0.3) is 0 Å². The van der Waals surface area contributed by atoms with Crippen molar-refractivity contribution in [3.63, 3.8) is 0 Å². The standard InChI is InChI=1S/C6H9NO3/c1-3-5(6(8)9)4(2)10-7-3/h4-5H,1-2H3,(H,8,9). The molecule has 0 aromatic carbocycles. The fourth-order valence-corrected chi connectivity index (χ4v) is 1.00. The molecule has 0 aromatic heterocycles. The molecule has 0 aliphatic carbocycles. The molecule has 0 fully saturated rings. The Morgan fingerprint density at radius 2 is 2.40 bits per heavy atom. The van der Waals surface area contributed by atoms with Crippen LogP contribution in [-0.2, 0) is 9.63 Å². The lowest BCUT2D eigenvalue weighted by Gasteiger charge is -2.06. The molecule has 10 heavy (non-hydrogen) atoms. The van der Waals surface area contributed by atoms with Crippen molar-refractivity contribution >= 4 is 11.7 Å². The van der Waals surface area contributed by atoms with Gasteiger partial charge in [0, 0.05) is 0 Å². The van der Waals surface area contributed by atoms with Crippen LogP contribution >= 0.6 is 0 Å². The van der Waals surface area contributed by atoms with Crippen molar-refractivity contribution in [3.8, 4) is 0 Å². The van der Waals surface area contributed by atoms with E-state index < -0.39 is 11.9 Å². The molecular formula is C6H9NO3. The highest BCUT2D eigenvalue weighted by Crippen LogP contribution is 2.17. The fourth-order valence-electron chi connectivity index (χ4n) is 1.00. The summed E-state index contributed by atoms with van der Waals surface area (Å²) >= 11 is 0. The predicted octanol–water partition coefficient (Wildman–Crippen LogP) is 0.482. The van der Waals surface area contributed by atoms with Gasteiger partial charge < -0.3 is 9.94 Å². The summed E-state index contributed by atoms with van der Waals surface area (Å²) < 4.78 is 0. The average Bonchev–Trinajstić information content (AvgIpc) is 2.11. The van der Waals surface area contributed by atoms with E-state index in [-0.39, 0.29) is 6.10 Å². The maximum Gasteiger partial charge on any atom is 0.316 e. The highest BCUT2D eigenvalue weighted by molar-refractivity contribution is 6.01. The van der Waals surface area contributed by atoms with Gasteiger partial charge in [-0.05, 0) is 13.8 Å². The molecule has 1 rings (SSSR count). The number of carboxylic acid groups (broad SMARTS) is 1. The van der Waals surface area contributed by atoms with E-state index in [0.29, 0.717) is 5.71 Å². The van der Waals surface area contributed by atoms with E-state index in [0.717, 1.165) is 0 Å². The number of rotatable bonds is 1. The van der Waals surface area contributed by atoms with Crippen molar-refractivity contribution < 1.29 is 14.7 Å². The number of oxime groups is 1. The van der Waals surface area contributed by atoms with Crippen LogP contribution < -0.4 is 0 Å². The van der Waals surface area contributed by atoms with Gasteiger partial charge in [-0.2, -0.15) is 0 Å². The minimum absolute atomic E-state index is 0.322. The third kappa shape index (κ3) is 0.964. The van der Waals surface area contributed by atoms with E-state index in [1.54, 1.807) is 13.8 Å². The summed E-state index contributed by atoms with van der Waals surface area (Å²) in [6.45, 7) is 3.35. The smallest absolute Gasteiger partial charge is 0.316 e. The van der Waals surface area contributed by atoms with E-state index in [1.165, 1.54) is 0 Å². The Bertz CT molecular complexity index is 187. The second-order valence-electron chi connectivity index (χ2n) is 2.36. The second kappa shape index (κ2) is 2.28. The van der Waals surface area contributed by atoms with Gasteiger partial charge in [0.2, 0.25) is 0 Å². The molecule has 0 saturated heterocycles. The van der Waals surface area contributed by atoms with Crippen LogP contribution in [0.2, 0.25) is 0 Å². The van der Waals surface area contributed by atoms with Crippen LogP contribution in [0.5, 0.6) is 0 Å². The lowest BCUT2D eigenvalue weighted by atomic mass is 10.0. The summed E-state index contributed by atoms with van der Waals surface area (Å²) in [6.07, 6.45) is -0.322. The number of aliphatic carboxylic acids is 1. The van der Waals surface area contributed by atoms with Crippen LogP contribution in [-0.4, -0.2) is 22.9 Å². The van der Waals surface area contributed by atoms with Crippen molar-refractivity contribution in [1.82, 2.24) is 0 Å². The molecule has 1 N–H and O–H groups in total. The normalized spacial score (nSPS) is 31.2. The zero-order valence-corrected chi connectivity index (χ0v) is 5.87. The Morgan fingerprint density at radius 3 is 2.60 bits per heavy atom. The maximum atomic E-state index is 10.5. The first-order valence-corrected chi connectivity index (χ1v) is 3.06. The largest absolute Gasteiger partial charge is 0.481 e. The number of nitrogens with zero attached hydrogens (tertiary/aromatic N) is 1. The molecule has 1 aliphatic rings. The lowest BCUT2D eigenvalue weighted by molar-refractivity contribution is -0.141. The molecule has 0 amide bonds. The van der Waals surface area contributed by atoms with Gasteiger partial charge >= 0.3 is 5.97 Å². The molecule has 0 saturated carbocycles. The van der Waals surface area contributed by atoms with Gasteiger partial charge in [-0.3, -0.25) is 4.79 Å². The molecule has 0 radical (unpaired) electrons. The highest BCUT2D eigenvalue weighted by Gasteiger charge is 2.34. The maximum absolute atomic E-state index is 10.5. The molecule has 2 unspecified atom stereocenters. The van der Waals surface area contributed by atoms with Gasteiger partial charge in [-0.25, -0.2) is 0 Å². The van der Waals surface area contributed by atoms with Gasteiger partial charge in [0.05, 0.1) is 5.71 Å². The van der Waals surface area contributed by atoms with Gasteiger partial charge in [0.15, 0.2) is 0 Å². The Morgan fingerprint density at radius 1 is 1.80 bits per heavy atom. The number of hydrogen-bond donors (Lipinski definition) is 1. The Balaban J connectivity index is 2.74. The Kier molecular flexibility index (Phi) is 1.61. The first kappa shape index (κ1) is 7.05. The van der Waals surface area contributed by atoms with Crippen LogP contribution in [0.1, 0.15) is 13.8 Å². The van der Waals surface area contributed by atoms with Crippen molar-refractivity contribution in [1.29, 1.82) is 0 Å². The Labute approximate surface area is 58.5 Å². The number of hydrogen-bond acceptors (Lipinski definition) is 3. The minimum atomic E-state index is -0.869. The summed E-state index contributed by atoms with van der Waals surface area (Å²) in [5, 5.41) is 12.1. The van der Waals surface area contributed by atoms with Crippen molar-refractivity contribution in [2.24, 2.45) is 11.1 Å². The van der Waals surface area contributed by atoms with E-state index in [4.69, 9.17) is 9.94 Å². The van der Waals surface area contributed by atoms with Gasteiger partial charge in [-0.1, -0.05) is 5.16 Å². The quantitative estimate of drug-likeness (QED) is 0.580. The summed E-state index contributed by atoms with van der Waals surface area (Å²) in [5.41, 5.74) is 0.542. The molecule has 56 valence electrons. The molecule has 1 aliphatic heterocycles. The SMILES string of the molecule is CC1=NOC(C)C1C(=O)O. The topological polar surface area (TPSA) is 58.9 Å². The zero-order chi connectivity index (χ0) is 7.72. The Hall–Kier alpha value is -1.06. The molecule has 0 spiro atoms. The van der Waals surface area contributed by atoms with Crippen molar-refractivity contribution in [3.05, 3.63) is 0 Å². The molecule has 4 heteroatoms. The van der Waals surface area contributed by atoms with E-state index in [2.05, 4.69) is 5.16 Å². The van der Waals surface area contributed by atoms with Crippen LogP contribution in [0.3, 0.4) is 0 Å². The van der Waals surface area contributed by atoms with E-state index in [1.807, 2.05) is 0 Å². The van der Waals surface area contributed by atoms with Gasteiger partial charge in [-0.15, -0.1) is 0 Å². The highest BCUT2D eigenvalue weighted by atomic mass is 16.6. The number of carboxylic acids is 1. The zero-order valence-electron chi connectivity index (χ0n) is 5.87. The second-order valence-corrected chi connectivity index (χ2v) is 2.36. The third-order valence-electron chi connectivity index (χ3n) is 1.55. The summed E-state index contributed by atoms with van der Waals surface area (Å²) in [5.74, 6) is -1.42. The summed E-state index contributed by atoms with van der Waals surface area (Å²) in [4.78, 5) is 15.2. The minimum Gasteiger partial charge on any atom is -0.481 e. The molecule has 1 heterocycles. The molecule has 2 atom stereocenters. The van der Waals surface area contributed by atoms with Crippen LogP contribution in [0, 0.1) is 5.92 Å². The van der Waals surface area contributed by atoms with Crippen LogP contribution in [0.15, 0.2) is 5.16 Å². The monoisotopic (exact) mass is 143 g/mol. The molecular weight excluding hydrogens is 134 g/mol. The van der Waals surface area contributed by atoms with E-state index in [9.17, 15) is 4.79 Å². The number of carbonyl (C=O) groups is 1. The van der Waals surface area contributed by atoms with Crippen molar-refractivity contribution in [2.45, 2.75) is 20.0 Å². The predicted molar refractivity (Wildman–Crippen MR) is 34.8 cm³/mol. The average molecular weight is 143 g/mol. The molecule has 4 nitrogen and oxygen atoms in total. The van der Waals surface area contributed by atoms with Crippen LogP contribution in [0.4, 0.5) is 0 Å². The summed E-state index contributed by atoms with van der Waals surface area (Å²) in [6, 6.07) is 0. The fraction of sp³-hybridized carbons (Fsp3) is 0.667. The van der Waals surface area contributed by atoms with Crippen molar-refractivity contribution in [2.75, 3.05) is 0 Å². The third-order valence-corrected chi connectivity index (χ3v) is 1.55. The first-order chi connectivity index (χ1) is 4.63. The first-order valence-electron chi connectivity index (χ1n) is 3.06. The lowest BCUT2D eigenvalue weighted by Crippen LogP contribution is -2.27. The van der Waals surface area contributed by atoms with E-state index >= 15 is 0 Å². The van der Waals surface area contributed by atoms with Gasteiger partial charge in [0.25, 0.3) is 0 Å². The molecule has 0 aromatic rings. The van der Waals surface area contributed by atoms with Gasteiger partial charge in [0.1, 0.15) is 12.0 Å².